The molecule has 1 aliphatic rings. The van der Waals surface area contributed by atoms with Gasteiger partial charge in [-0.1, -0.05) is 24.6 Å². The van der Waals surface area contributed by atoms with Gasteiger partial charge in [0.15, 0.2) is 0 Å². The van der Waals surface area contributed by atoms with E-state index in [1.165, 1.54) is 21.4 Å². The van der Waals surface area contributed by atoms with Crippen LogP contribution in [0.25, 0.3) is 0 Å². The number of hydrogen-bond acceptors (Lipinski definition) is 4. The van der Waals surface area contributed by atoms with E-state index in [-0.39, 0.29) is 23.5 Å². The summed E-state index contributed by atoms with van der Waals surface area (Å²) in [4.78, 5) is 12.3. The SMILES string of the molecule is Cn1cc(S(=O)(=O)N2CCCCC2CNC(=O)Nc2ccccc2)cn1. The number of aromatic nitrogens is 2. The van der Waals surface area contributed by atoms with Gasteiger partial charge in [0.1, 0.15) is 4.90 Å². The van der Waals surface area contributed by atoms with E-state index in [1.54, 1.807) is 19.2 Å². The van der Waals surface area contributed by atoms with E-state index in [4.69, 9.17) is 0 Å². The van der Waals surface area contributed by atoms with Crippen LogP contribution in [0.5, 0.6) is 0 Å². The van der Waals surface area contributed by atoms with Gasteiger partial charge in [-0.25, -0.2) is 13.2 Å². The van der Waals surface area contributed by atoms with Crippen molar-refractivity contribution in [2.45, 2.75) is 30.2 Å². The zero-order chi connectivity index (χ0) is 18.6. The number of urea groups is 1. The molecule has 140 valence electrons. The maximum atomic E-state index is 12.9. The van der Waals surface area contributed by atoms with Crippen LogP contribution in [0.1, 0.15) is 19.3 Å². The minimum atomic E-state index is -3.62. The average molecular weight is 377 g/mol. The fourth-order valence-electron chi connectivity index (χ4n) is 3.07. The summed E-state index contributed by atoms with van der Waals surface area (Å²) in [6.07, 6.45) is 5.32. The van der Waals surface area contributed by atoms with Gasteiger partial charge < -0.3 is 10.6 Å². The normalized spacial score (nSPS) is 18.4. The summed E-state index contributed by atoms with van der Waals surface area (Å²) in [5.41, 5.74) is 0.688. The molecular weight excluding hydrogens is 354 g/mol. The van der Waals surface area contributed by atoms with Gasteiger partial charge in [-0.3, -0.25) is 4.68 Å². The average Bonchev–Trinajstić information content (AvgIpc) is 3.08. The zero-order valence-electron chi connectivity index (χ0n) is 14.6. The molecule has 1 atom stereocenters. The van der Waals surface area contributed by atoms with Gasteiger partial charge in [-0.05, 0) is 25.0 Å². The Morgan fingerprint density at radius 3 is 2.73 bits per heavy atom. The minimum Gasteiger partial charge on any atom is -0.336 e. The Labute approximate surface area is 153 Å². The number of amides is 2. The van der Waals surface area contributed by atoms with E-state index in [2.05, 4.69) is 15.7 Å². The third kappa shape index (κ3) is 4.23. The minimum absolute atomic E-state index is 0.181. The molecule has 3 rings (SSSR count). The second-order valence-electron chi connectivity index (χ2n) is 6.32. The maximum absolute atomic E-state index is 12.9. The zero-order valence-corrected chi connectivity index (χ0v) is 15.4. The van der Waals surface area contributed by atoms with Crippen LogP contribution in [-0.2, 0) is 17.1 Å². The standard InChI is InChI=1S/C17H23N5O3S/c1-21-13-16(12-19-21)26(24,25)22-10-6-5-9-15(22)11-18-17(23)20-14-7-3-2-4-8-14/h2-4,7-8,12-13,15H,5-6,9-11H2,1H3,(H2,18,20,23). The number of piperidine rings is 1. The van der Waals surface area contributed by atoms with E-state index in [0.717, 1.165) is 12.8 Å². The molecule has 2 N–H and O–H groups in total. The third-order valence-electron chi connectivity index (χ3n) is 4.39. The molecule has 0 radical (unpaired) electrons. The Hall–Kier alpha value is -2.39. The Kier molecular flexibility index (Phi) is 5.58. The highest BCUT2D eigenvalue weighted by atomic mass is 32.2. The summed E-state index contributed by atoms with van der Waals surface area (Å²) in [5.74, 6) is 0. The number of aryl methyl sites for hydroxylation is 1. The molecule has 1 aliphatic heterocycles. The molecule has 9 heteroatoms. The Bertz CT molecular complexity index is 850. The molecule has 8 nitrogen and oxygen atoms in total. The molecule has 0 spiro atoms. The van der Waals surface area contributed by atoms with Crippen molar-refractivity contribution in [2.75, 3.05) is 18.4 Å². The maximum Gasteiger partial charge on any atom is 0.319 e. The fraction of sp³-hybridized carbons (Fsp3) is 0.412. The molecule has 2 amide bonds. The van der Waals surface area contributed by atoms with E-state index >= 15 is 0 Å². The second kappa shape index (κ2) is 7.88. The van der Waals surface area contributed by atoms with Crippen molar-refractivity contribution < 1.29 is 13.2 Å². The Morgan fingerprint density at radius 2 is 2.04 bits per heavy atom. The smallest absolute Gasteiger partial charge is 0.319 e. The Balaban J connectivity index is 1.65. The van der Waals surface area contributed by atoms with Crippen molar-refractivity contribution in [3.8, 4) is 0 Å². The number of sulfonamides is 1. The van der Waals surface area contributed by atoms with Crippen molar-refractivity contribution in [3.63, 3.8) is 0 Å². The number of nitrogens with zero attached hydrogens (tertiary/aromatic N) is 3. The lowest BCUT2D eigenvalue weighted by atomic mass is 10.1. The quantitative estimate of drug-likeness (QED) is 0.830. The molecule has 2 heterocycles. The monoisotopic (exact) mass is 377 g/mol. The highest BCUT2D eigenvalue weighted by Gasteiger charge is 2.34. The number of anilines is 1. The highest BCUT2D eigenvalue weighted by molar-refractivity contribution is 7.89. The molecule has 0 saturated carbocycles. The van der Waals surface area contributed by atoms with E-state index in [1.807, 2.05) is 18.2 Å². The van der Waals surface area contributed by atoms with Crippen LogP contribution in [0, 0.1) is 0 Å². The number of carbonyl (C=O) groups is 1. The lowest BCUT2D eigenvalue weighted by Crippen LogP contribution is -2.49. The molecule has 26 heavy (non-hydrogen) atoms. The van der Waals surface area contributed by atoms with Crippen molar-refractivity contribution >= 4 is 21.7 Å². The first kappa shape index (κ1) is 18.4. The largest absolute Gasteiger partial charge is 0.336 e. The molecule has 0 aliphatic carbocycles. The lowest BCUT2D eigenvalue weighted by Gasteiger charge is -2.34. The van der Waals surface area contributed by atoms with Crippen LogP contribution in [-0.4, -0.2) is 47.7 Å². The van der Waals surface area contributed by atoms with Gasteiger partial charge in [-0.15, -0.1) is 0 Å². The summed E-state index contributed by atoms with van der Waals surface area (Å²) < 4.78 is 28.7. The third-order valence-corrected chi connectivity index (χ3v) is 6.30. The Morgan fingerprint density at radius 1 is 1.27 bits per heavy atom. The molecule has 1 unspecified atom stereocenters. The van der Waals surface area contributed by atoms with Gasteiger partial charge in [0.2, 0.25) is 10.0 Å². The molecule has 1 aromatic heterocycles. The number of hydrogen-bond donors (Lipinski definition) is 2. The number of carbonyl (C=O) groups excluding carboxylic acids is 1. The molecular formula is C17H23N5O3S. The molecule has 0 bridgehead atoms. The first-order chi connectivity index (χ1) is 12.5. The first-order valence-electron chi connectivity index (χ1n) is 8.57. The van der Waals surface area contributed by atoms with Gasteiger partial charge in [-0.2, -0.15) is 9.40 Å². The molecule has 1 aromatic carbocycles. The topological polar surface area (TPSA) is 96.3 Å². The molecule has 2 aromatic rings. The van der Waals surface area contributed by atoms with Crippen molar-refractivity contribution in [2.24, 2.45) is 7.05 Å². The van der Waals surface area contributed by atoms with E-state index in [0.29, 0.717) is 18.7 Å². The molecule has 1 saturated heterocycles. The summed E-state index contributed by atoms with van der Waals surface area (Å²) in [5, 5.41) is 9.48. The molecule has 1 fully saturated rings. The van der Waals surface area contributed by atoms with Crippen molar-refractivity contribution in [1.29, 1.82) is 0 Å². The fourth-order valence-corrected chi connectivity index (χ4v) is 4.75. The second-order valence-corrected chi connectivity index (χ2v) is 8.21. The number of benzene rings is 1. The first-order valence-corrected chi connectivity index (χ1v) is 10.0. The van der Waals surface area contributed by atoms with E-state index in [9.17, 15) is 13.2 Å². The van der Waals surface area contributed by atoms with Gasteiger partial charge in [0.05, 0.1) is 6.20 Å². The summed E-state index contributed by atoms with van der Waals surface area (Å²) in [7, 11) is -1.94. The van der Waals surface area contributed by atoms with Crippen LogP contribution >= 0.6 is 0 Å². The van der Waals surface area contributed by atoms with Crippen molar-refractivity contribution in [3.05, 3.63) is 42.7 Å². The van der Waals surface area contributed by atoms with Crippen LogP contribution in [0.4, 0.5) is 10.5 Å². The summed E-state index contributed by atoms with van der Waals surface area (Å²) >= 11 is 0. The van der Waals surface area contributed by atoms with Gasteiger partial charge >= 0.3 is 6.03 Å². The number of rotatable bonds is 5. The summed E-state index contributed by atoms with van der Waals surface area (Å²) in [6, 6.07) is 8.50. The number of nitrogens with one attached hydrogen (secondary N) is 2. The lowest BCUT2D eigenvalue weighted by molar-refractivity contribution is 0.231. The van der Waals surface area contributed by atoms with Crippen LogP contribution in [0.3, 0.4) is 0 Å². The van der Waals surface area contributed by atoms with E-state index < -0.39 is 10.0 Å². The highest BCUT2D eigenvalue weighted by Crippen LogP contribution is 2.24. The van der Waals surface area contributed by atoms with Crippen molar-refractivity contribution in [1.82, 2.24) is 19.4 Å². The van der Waals surface area contributed by atoms with Crippen LogP contribution in [0.2, 0.25) is 0 Å². The van der Waals surface area contributed by atoms with Crippen LogP contribution < -0.4 is 10.6 Å². The predicted octanol–water partition coefficient (Wildman–Crippen LogP) is 1.78. The van der Waals surface area contributed by atoms with Crippen LogP contribution in [0.15, 0.2) is 47.6 Å². The predicted molar refractivity (Wildman–Crippen MR) is 98.2 cm³/mol. The van der Waals surface area contributed by atoms with Gasteiger partial charge in [0, 0.05) is 38.1 Å². The summed E-state index contributed by atoms with van der Waals surface area (Å²) in [6.45, 7) is 0.710. The number of para-hydroxylation sites is 1. The van der Waals surface area contributed by atoms with Gasteiger partial charge in [0.25, 0.3) is 0 Å².